The molecule has 0 spiro atoms. The summed E-state index contributed by atoms with van der Waals surface area (Å²) in [7, 11) is 8.70. The zero-order valence-corrected chi connectivity index (χ0v) is 39.4. The molecule has 0 aliphatic heterocycles. The third kappa shape index (κ3) is 13.4. The van der Waals surface area contributed by atoms with Gasteiger partial charge in [-0.1, -0.05) is 34.6 Å². The van der Waals surface area contributed by atoms with Gasteiger partial charge < -0.3 is 33.3 Å². The Morgan fingerprint density at radius 3 is 2.08 bits per heavy atom. The maximum absolute atomic E-state index is 15.3. The Kier molecular flexibility index (Phi) is 20.1. The van der Waals surface area contributed by atoms with Gasteiger partial charge in [-0.05, 0) is 124 Å². The van der Waals surface area contributed by atoms with Crippen molar-refractivity contribution in [1.82, 2.24) is 4.90 Å². The van der Waals surface area contributed by atoms with E-state index in [1.54, 1.807) is 41.9 Å². The molecule has 3 aliphatic rings. The fourth-order valence-electron chi connectivity index (χ4n) is 10.2. The van der Waals surface area contributed by atoms with Crippen LogP contribution in [0.5, 0.6) is 11.5 Å². The highest BCUT2D eigenvalue weighted by Gasteiger charge is 2.85. The first-order chi connectivity index (χ1) is 31.2. The summed E-state index contributed by atoms with van der Waals surface area (Å²) in [6, 6.07) is 8.07. The number of rotatable bonds is 26. The summed E-state index contributed by atoms with van der Waals surface area (Å²) in [6.07, 6.45) is -14.1. The van der Waals surface area contributed by atoms with Crippen LogP contribution in [0, 0.1) is 34.8 Å². The molecule has 5 atom stereocenters. The van der Waals surface area contributed by atoms with Gasteiger partial charge in [0.15, 0.2) is 0 Å². The van der Waals surface area contributed by atoms with E-state index in [0.717, 1.165) is 67.6 Å². The lowest BCUT2D eigenvalue weighted by Crippen LogP contribution is -2.67. The first-order valence-corrected chi connectivity index (χ1v) is 24.9. The minimum Gasteiger partial charge on any atom is -0.457 e. The Hall–Kier alpha value is -2.07. The van der Waals surface area contributed by atoms with Crippen LogP contribution in [0.4, 0.5) is 48.3 Å². The lowest BCUT2D eigenvalue weighted by molar-refractivity contribution is -0.457. The largest absolute Gasteiger partial charge is 0.457 e. The second-order valence-electron chi connectivity index (χ2n) is 17.9. The van der Waals surface area contributed by atoms with E-state index in [4.69, 9.17) is 23.7 Å². The minimum atomic E-state index is -6.77. The second-order valence-corrected chi connectivity index (χ2v) is 20.6. The Labute approximate surface area is 388 Å². The van der Waals surface area contributed by atoms with Crippen LogP contribution in [0.3, 0.4) is 0 Å². The smallest absolute Gasteiger partial charge is 0.435 e. The molecule has 20 heteroatoms. The molecule has 0 radical (unpaired) electrons. The highest BCUT2D eigenvalue weighted by molar-refractivity contribution is 8.76. The number of aryl methyl sites for hydroxylation is 1. The van der Waals surface area contributed by atoms with Crippen LogP contribution in [0.25, 0.3) is 0 Å². The fourth-order valence-corrected chi connectivity index (χ4v) is 12.2. The highest BCUT2D eigenvalue weighted by Crippen LogP contribution is 2.62. The predicted molar refractivity (Wildman–Crippen MR) is 232 cm³/mol. The van der Waals surface area contributed by atoms with Gasteiger partial charge in [0, 0.05) is 69.1 Å². The number of methoxy groups -OCH3 is 2. The van der Waals surface area contributed by atoms with Crippen molar-refractivity contribution in [3.63, 3.8) is 0 Å². The number of halogens is 11. The number of hydrogen-bond donors (Lipinski definition) is 0. The van der Waals surface area contributed by atoms with E-state index in [1.807, 2.05) is 24.1 Å². The van der Waals surface area contributed by atoms with Crippen LogP contribution in [0.1, 0.15) is 87.3 Å². The zero-order valence-electron chi connectivity index (χ0n) is 37.8. The third-order valence-electron chi connectivity index (χ3n) is 13.4. The van der Waals surface area contributed by atoms with E-state index < -0.39 is 48.8 Å². The van der Waals surface area contributed by atoms with E-state index in [2.05, 4.69) is 11.7 Å². The van der Waals surface area contributed by atoms with Crippen molar-refractivity contribution in [2.75, 3.05) is 79.0 Å². The average molecular weight is 998 g/mol. The van der Waals surface area contributed by atoms with Crippen LogP contribution in [0.15, 0.2) is 30.3 Å². The van der Waals surface area contributed by atoms with Crippen molar-refractivity contribution in [2.45, 2.75) is 114 Å². The summed E-state index contributed by atoms with van der Waals surface area (Å²) in [4.78, 5) is 1.89. The standard InChI is InChI=1S/C46H62F11NO6S2/c1-42-16-15-35-34-12-10-32(24-31(34)9-11-36(35)38(42)13-14-41(42)62-19-7-20-63-43(44(49,50)51,45(52,53)54)46(55,56)57)64-33-25-39(47)37(40(48)26-33)27-58(2)17-6-22-65-66-23-21-61-18-5-8-30(28-59-3)29-60-4/h10,12,24-26,30,35-36,38,41H,5-9,11,13-23,27-29H2,1-4H3. The van der Waals surface area contributed by atoms with Crippen molar-refractivity contribution in [1.29, 1.82) is 0 Å². The van der Waals surface area contributed by atoms with Gasteiger partial charge in [-0.25, -0.2) is 8.78 Å². The van der Waals surface area contributed by atoms with Crippen LogP contribution in [-0.2, 0) is 36.6 Å². The Morgan fingerprint density at radius 2 is 1.42 bits per heavy atom. The maximum atomic E-state index is 15.3. The molecule has 0 aromatic heterocycles. The van der Waals surface area contributed by atoms with Crippen LogP contribution in [0.2, 0.25) is 0 Å². The number of fused-ring (bicyclic) bond motifs is 5. The van der Waals surface area contributed by atoms with Crippen molar-refractivity contribution >= 4 is 21.6 Å². The molecule has 3 aliphatic carbocycles. The SMILES string of the molecule is COCC(CCCOCCSSCCCN(C)Cc1c(F)cc(Oc2ccc3c(c2)CCC2C3CCC3(C)C(OCCCOC(C(F)(F)F)(C(F)(F)F)C(F)(F)F)CCC23)cc1F)COC. The van der Waals surface area contributed by atoms with Gasteiger partial charge in [-0.2, -0.15) is 39.5 Å². The summed E-state index contributed by atoms with van der Waals surface area (Å²) in [6.45, 7) is 3.72. The quantitative estimate of drug-likeness (QED) is 0.0521. The molecule has 0 heterocycles. The fraction of sp³-hybridized carbons (Fsp3) is 0.739. The molecule has 2 fully saturated rings. The summed E-state index contributed by atoms with van der Waals surface area (Å²) in [5.74, 6) is 1.91. The molecule has 7 nitrogen and oxygen atoms in total. The van der Waals surface area contributed by atoms with Gasteiger partial charge >= 0.3 is 24.1 Å². The number of nitrogens with zero attached hydrogens (tertiary/aromatic N) is 1. The molecule has 2 aromatic carbocycles. The molecule has 66 heavy (non-hydrogen) atoms. The van der Waals surface area contributed by atoms with Crippen molar-refractivity contribution < 1.29 is 76.7 Å². The van der Waals surface area contributed by atoms with E-state index in [-0.39, 0.29) is 53.7 Å². The second kappa shape index (κ2) is 24.2. The summed E-state index contributed by atoms with van der Waals surface area (Å²) in [5.41, 5.74) is -4.45. The molecule has 2 saturated carbocycles. The third-order valence-corrected chi connectivity index (χ3v) is 15.8. The van der Waals surface area contributed by atoms with Gasteiger partial charge in [0.25, 0.3) is 0 Å². The normalized spacial score (nSPS) is 22.5. The van der Waals surface area contributed by atoms with E-state index in [9.17, 15) is 39.5 Å². The average Bonchev–Trinajstić information content (AvgIpc) is 3.56. The van der Waals surface area contributed by atoms with Gasteiger partial charge in [0.1, 0.15) is 23.1 Å². The predicted octanol–water partition coefficient (Wildman–Crippen LogP) is 12.7. The highest BCUT2D eigenvalue weighted by atomic mass is 33.1. The first-order valence-electron chi connectivity index (χ1n) is 22.4. The van der Waals surface area contributed by atoms with Gasteiger partial charge in [-0.3, -0.25) is 0 Å². The maximum Gasteiger partial charge on any atom is 0.435 e. The van der Waals surface area contributed by atoms with Gasteiger partial charge in [0.2, 0.25) is 0 Å². The number of hydrogen-bond acceptors (Lipinski definition) is 9. The molecule has 0 bridgehead atoms. The summed E-state index contributed by atoms with van der Waals surface area (Å²) < 4.78 is 181. The molecule has 0 amide bonds. The topological polar surface area (TPSA) is 58.6 Å². The summed E-state index contributed by atoms with van der Waals surface area (Å²) >= 11 is 0. The Morgan fingerprint density at radius 1 is 0.758 bits per heavy atom. The molecule has 0 N–H and O–H groups in total. The van der Waals surface area contributed by atoms with Crippen LogP contribution >= 0.6 is 21.6 Å². The van der Waals surface area contributed by atoms with Crippen LogP contribution in [-0.4, -0.2) is 114 Å². The molecular formula is C46H62F11NO6S2. The number of benzene rings is 2. The molecule has 2 aromatic rings. The molecule has 5 unspecified atom stereocenters. The Balaban J connectivity index is 1.04. The monoisotopic (exact) mass is 997 g/mol. The molecule has 0 saturated heterocycles. The van der Waals surface area contributed by atoms with E-state index in [0.29, 0.717) is 57.5 Å². The lowest BCUT2D eigenvalue weighted by Gasteiger charge is -2.50. The number of ether oxygens (including phenoxy) is 6. The molecule has 5 rings (SSSR count). The van der Waals surface area contributed by atoms with Gasteiger partial charge in [0.05, 0.1) is 32.5 Å². The minimum absolute atomic E-state index is 0.0343. The first kappa shape index (κ1) is 54.9. The van der Waals surface area contributed by atoms with E-state index >= 15 is 8.78 Å². The van der Waals surface area contributed by atoms with Crippen molar-refractivity contribution in [3.8, 4) is 11.5 Å². The zero-order chi connectivity index (χ0) is 48.3. The molecular weight excluding hydrogens is 936 g/mol. The van der Waals surface area contributed by atoms with Gasteiger partial charge in [-0.15, -0.1) is 0 Å². The Bertz CT molecular complexity index is 1760. The van der Waals surface area contributed by atoms with Crippen LogP contribution < -0.4 is 4.74 Å². The van der Waals surface area contributed by atoms with Crippen molar-refractivity contribution in [3.05, 3.63) is 58.7 Å². The molecule has 376 valence electrons. The number of alkyl halides is 9. The van der Waals surface area contributed by atoms with E-state index in [1.165, 1.54) is 12.1 Å². The summed E-state index contributed by atoms with van der Waals surface area (Å²) in [5, 5.41) is 0. The lowest BCUT2D eigenvalue weighted by atomic mass is 9.55. The van der Waals surface area contributed by atoms with Crippen molar-refractivity contribution in [2.24, 2.45) is 23.2 Å².